The van der Waals surface area contributed by atoms with Crippen molar-refractivity contribution < 1.29 is 4.39 Å². The molecule has 0 saturated heterocycles. The van der Waals surface area contributed by atoms with Crippen molar-refractivity contribution in [2.45, 2.75) is 0 Å². The quantitative estimate of drug-likeness (QED) is 0.494. The van der Waals surface area contributed by atoms with Crippen LogP contribution in [0.1, 0.15) is 0 Å². The van der Waals surface area contributed by atoms with E-state index in [-0.39, 0.29) is 11.2 Å². The predicted molar refractivity (Wildman–Crippen MR) is 103 cm³/mol. The number of aromatic nitrogens is 4. The number of benzene rings is 2. The molecule has 8 heteroatoms. The topological polar surface area (TPSA) is 83.5 Å². The number of nitrogens with one attached hydrogen (secondary N) is 2. The molecule has 3 heterocycles. The SMILES string of the molecule is O=c1cc(-c2ccc(F)cc2)[nH]c2[nH]n(-c3nc4ccccc4s3)c(=O)c12. The third-order valence-electron chi connectivity index (χ3n) is 4.30. The minimum Gasteiger partial charge on any atom is -0.339 e. The van der Waals surface area contributed by atoms with E-state index in [1.807, 2.05) is 24.3 Å². The molecule has 0 fully saturated rings. The fourth-order valence-corrected chi connectivity index (χ4v) is 3.93. The molecule has 2 N–H and O–H groups in total. The van der Waals surface area contributed by atoms with Gasteiger partial charge in [0.25, 0.3) is 5.56 Å². The van der Waals surface area contributed by atoms with Gasteiger partial charge in [-0.3, -0.25) is 14.7 Å². The van der Waals surface area contributed by atoms with Gasteiger partial charge in [0.1, 0.15) is 16.9 Å². The first-order valence-corrected chi connectivity index (χ1v) is 8.92. The molecule has 5 rings (SSSR count). The van der Waals surface area contributed by atoms with Crippen LogP contribution < -0.4 is 11.0 Å². The van der Waals surface area contributed by atoms with Crippen molar-refractivity contribution in [1.82, 2.24) is 19.7 Å². The summed E-state index contributed by atoms with van der Waals surface area (Å²) in [5.41, 5.74) is 1.33. The summed E-state index contributed by atoms with van der Waals surface area (Å²) in [4.78, 5) is 32.8. The van der Waals surface area contributed by atoms with Gasteiger partial charge in [-0.25, -0.2) is 9.37 Å². The molecular weight excluding hydrogens is 367 g/mol. The number of para-hydroxylation sites is 1. The number of pyridine rings is 1. The van der Waals surface area contributed by atoms with Crippen LogP contribution in [0.3, 0.4) is 0 Å². The second-order valence-corrected chi connectivity index (χ2v) is 7.03. The number of hydrogen-bond donors (Lipinski definition) is 2. The van der Waals surface area contributed by atoms with E-state index in [9.17, 15) is 14.0 Å². The van der Waals surface area contributed by atoms with Crippen LogP contribution in [0, 0.1) is 5.82 Å². The molecule has 3 aromatic heterocycles. The number of fused-ring (bicyclic) bond motifs is 2. The average molecular weight is 378 g/mol. The molecule has 2 aromatic carbocycles. The van der Waals surface area contributed by atoms with Gasteiger partial charge in [-0.15, -0.1) is 0 Å². The summed E-state index contributed by atoms with van der Waals surface area (Å²) in [6, 6.07) is 14.6. The van der Waals surface area contributed by atoms with Crippen LogP contribution in [0.5, 0.6) is 0 Å². The molecule has 0 bridgehead atoms. The van der Waals surface area contributed by atoms with E-state index in [1.54, 1.807) is 12.1 Å². The van der Waals surface area contributed by atoms with Crippen molar-refractivity contribution in [1.29, 1.82) is 0 Å². The van der Waals surface area contributed by atoms with Gasteiger partial charge in [-0.05, 0) is 42.0 Å². The number of halogens is 1. The Morgan fingerprint density at radius 3 is 2.59 bits per heavy atom. The van der Waals surface area contributed by atoms with Gasteiger partial charge >= 0.3 is 0 Å². The van der Waals surface area contributed by atoms with Gasteiger partial charge in [0.15, 0.2) is 5.43 Å². The highest BCUT2D eigenvalue weighted by Gasteiger charge is 2.16. The fourth-order valence-electron chi connectivity index (χ4n) is 3.01. The van der Waals surface area contributed by atoms with E-state index in [2.05, 4.69) is 15.1 Å². The van der Waals surface area contributed by atoms with Gasteiger partial charge in [-0.2, -0.15) is 4.68 Å². The number of rotatable bonds is 2. The zero-order valence-electron chi connectivity index (χ0n) is 13.7. The number of H-pyrrole nitrogens is 2. The fraction of sp³-hybridized carbons (Fsp3) is 0. The van der Waals surface area contributed by atoms with Crippen molar-refractivity contribution in [3.05, 3.63) is 81.0 Å². The molecule has 0 atom stereocenters. The molecule has 0 aliphatic rings. The Hall–Kier alpha value is -3.52. The number of hydrogen-bond acceptors (Lipinski definition) is 4. The van der Waals surface area contributed by atoms with Gasteiger partial charge < -0.3 is 4.98 Å². The van der Waals surface area contributed by atoms with Crippen LogP contribution >= 0.6 is 11.3 Å². The van der Waals surface area contributed by atoms with Crippen molar-refractivity contribution in [3.63, 3.8) is 0 Å². The summed E-state index contributed by atoms with van der Waals surface area (Å²) < 4.78 is 15.3. The van der Waals surface area contributed by atoms with Gasteiger partial charge in [0, 0.05) is 6.07 Å². The summed E-state index contributed by atoms with van der Waals surface area (Å²) >= 11 is 1.35. The van der Waals surface area contributed by atoms with Crippen LogP contribution in [0.25, 0.3) is 37.6 Å². The Morgan fingerprint density at radius 2 is 1.81 bits per heavy atom. The lowest BCUT2D eigenvalue weighted by molar-refractivity contribution is 0.628. The average Bonchev–Trinajstić information content (AvgIpc) is 3.23. The highest BCUT2D eigenvalue weighted by atomic mass is 32.1. The molecule has 0 saturated carbocycles. The molecule has 0 radical (unpaired) electrons. The van der Waals surface area contributed by atoms with E-state index in [0.29, 0.717) is 22.0 Å². The lowest BCUT2D eigenvalue weighted by Crippen LogP contribution is -2.17. The zero-order valence-corrected chi connectivity index (χ0v) is 14.5. The van der Waals surface area contributed by atoms with Crippen LogP contribution in [0.15, 0.2) is 64.2 Å². The van der Waals surface area contributed by atoms with E-state index in [1.165, 1.54) is 34.2 Å². The maximum Gasteiger partial charge on any atom is 0.286 e. The summed E-state index contributed by atoms with van der Waals surface area (Å²) in [5.74, 6) is -0.363. The van der Waals surface area contributed by atoms with Gasteiger partial charge in [0.05, 0.1) is 15.9 Å². The van der Waals surface area contributed by atoms with Crippen molar-refractivity contribution in [2.24, 2.45) is 0 Å². The smallest absolute Gasteiger partial charge is 0.286 e. The van der Waals surface area contributed by atoms with Crippen LogP contribution in [0.4, 0.5) is 4.39 Å². The summed E-state index contributed by atoms with van der Waals surface area (Å²) in [6.07, 6.45) is 0. The Morgan fingerprint density at radius 1 is 1.04 bits per heavy atom. The van der Waals surface area contributed by atoms with Gasteiger partial charge in [0.2, 0.25) is 5.13 Å². The highest BCUT2D eigenvalue weighted by Crippen LogP contribution is 2.24. The summed E-state index contributed by atoms with van der Waals surface area (Å²) in [7, 11) is 0. The molecule has 5 aromatic rings. The van der Waals surface area contributed by atoms with Crippen LogP contribution in [-0.2, 0) is 0 Å². The molecule has 0 aliphatic heterocycles. The minimum absolute atomic E-state index is 0.0279. The van der Waals surface area contributed by atoms with E-state index >= 15 is 0 Å². The maximum atomic E-state index is 13.1. The van der Waals surface area contributed by atoms with Crippen LogP contribution in [0.2, 0.25) is 0 Å². The lowest BCUT2D eigenvalue weighted by Gasteiger charge is -2.01. The van der Waals surface area contributed by atoms with E-state index < -0.39 is 11.0 Å². The van der Waals surface area contributed by atoms with Crippen molar-refractivity contribution >= 4 is 32.6 Å². The molecule has 27 heavy (non-hydrogen) atoms. The predicted octanol–water partition coefficient (Wildman–Crippen LogP) is 3.42. The first-order valence-electron chi connectivity index (χ1n) is 8.10. The molecular formula is C19H11FN4O2S. The summed E-state index contributed by atoms with van der Waals surface area (Å²) in [5, 5.41) is 3.41. The van der Waals surface area contributed by atoms with Gasteiger partial charge in [-0.1, -0.05) is 23.5 Å². The Kier molecular flexibility index (Phi) is 3.34. The normalized spacial score (nSPS) is 11.4. The lowest BCUT2D eigenvalue weighted by atomic mass is 10.1. The highest BCUT2D eigenvalue weighted by molar-refractivity contribution is 7.20. The number of aromatic amines is 2. The van der Waals surface area contributed by atoms with E-state index in [0.717, 1.165) is 10.2 Å². The largest absolute Gasteiger partial charge is 0.339 e. The number of thiazole rings is 1. The van der Waals surface area contributed by atoms with E-state index in [4.69, 9.17) is 0 Å². The Bertz CT molecular complexity index is 1390. The van der Waals surface area contributed by atoms with Crippen molar-refractivity contribution in [3.8, 4) is 16.4 Å². The van der Waals surface area contributed by atoms with Crippen molar-refractivity contribution in [2.75, 3.05) is 0 Å². The standard InChI is InChI=1S/C19H11FN4O2S/c20-11-7-5-10(6-8-11)13-9-14(25)16-17(21-13)23-24(18(16)26)19-22-12-3-1-2-4-15(12)27-19/h1-9H,(H2,21,23,25). The molecule has 132 valence electrons. The third kappa shape index (κ3) is 2.49. The zero-order chi connectivity index (χ0) is 18.5. The minimum atomic E-state index is -0.462. The Balaban J connectivity index is 1.72. The monoisotopic (exact) mass is 378 g/mol. The number of nitrogens with zero attached hydrogens (tertiary/aromatic N) is 2. The maximum absolute atomic E-state index is 13.1. The molecule has 0 aliphatic carbocycles. The summed E-state index contributed by atoms with van der Waals surface area (Å²) in [6.45, 7) is 0. The molecule has 0 spiro atoms. The second-order valence-electron chi connectivity index (χ2n) is 6.02. The first-order chi connectivity index (χ1) is 13.1. The van der Waals surface area contributed by atoms with Crippen LogP contribution in [-0.4, -0.2) is 19.7 Å². The first kappa shape index (κ1) is 15.7. The Labute approximate surface area is 154 Å². The molecule has 0 unspecified atom stereocenters. The third-order valence-corrected chi connectivity index (χ3v) is 5.32. The second kappa shape index (κ2) is 5.75. The molecule has 0 amide bonds. The molecule has 6 nitrogen and oxygen atoms in total.